The number of aliphatic hydroxyl groups excluding tert-OH is 1. The van der Waals surface area contributed by atoms with Gasteiger partial charge in [-0.05, 0) is 36.8 Å². The Hall–Kier alpha value is -1.21. The molecule has 0 bridgehead atoms. The highest BCUT2D eigenvalue weighted by Crippen LogP contribution is 2.19. The molecule has 1 atom stereocenters. The average molecular weight is 315 g/mol. The predicted molar refractivity (Wildman–Crippen MR) is 78.2 cm³/mol. The van der Waals surface area contributed by atoms with Crippen LogP contribution in [-0.4, -0.2) is 31.2 Å². The van der Waals surface area contributed by atoms with Gasteiger partial charge in [0.1, 0.15) is 5.15 Å². The molecule has 0 aliphatic carbocycles. The van der Waals surface area contributed by atoms with Crippen LogP contribution in [0, 0.1) is 0 Å². The number of nitrogens with zero attached hydrogens (tertiary/aromatic N) is 1. The van der Waals surface area contributed by atoms with Crippen LogP contribution >= 0.6 is 11.6 Å². The Bertz CT molecular complexity index is 719. The van der Waals surface area contributed by atoms with E-state index >= 15 is 0 Å². The van der Waals surface area contributed by atoms with Crippen LogP contribution in [0.4, 0.5) is 0 Å². The SMILES string of the molecule is CCC(O)CNS(=O)(=O)c1ccc2nc(Cl)ccc2c1. The molecule has 0 spiro atoms. The highest BCUT2D eigenvalue weighted by Gasteiger charge is 2.15. The zero-order valence-corrected chi connectivity index (χ0v) is 12.4. The van der Waals surface area contributed by atoms with Gasteiger partial charge in [0.25, 0.3) is 0 Å². The lowest BCUT2D eigenvalue weighted by atomic mass is 10.2. The Morgan fingerprint density at radius 2 is 2.10 bits per heavy atom. The smallest absolute Gasteiger partial charge is 0.240 e. The molecular formula is C13H15ClN2O3S. The molecule has 1 unspecified atom stereocenters. The first kappa shape index (κ1) is 15.2. The third-order valence-corrected chi connectivity index (χ3v) is 4.55. The molecule has 0 amide bonds. The largest absolute Gasteiger partial charge is 0.392 e. The van der Waals surface area contributed by atoms with Crippen LogP contribution in [0.5, 0.6) is 0 Å². The number of sulfonamides is 1. The van der Waals surface area contributed by atoms with Crippen LogP contribution in [0.25, 0.3) is 10.9 Å². The predicted octanol–water partition coefficient (Wildman–Crippen LogP) is 1.94. The summed E-state index contributed by atoms with van der Waals surface area (Å²) in [6, 6.07) is 7.91. The molecule has 108 valence electrons. The topological polar surface area (TPSA) is 79.3 Å². The van der Waals surface area contributed by atoms with Crippen molar-refractivity contribution in [3.05, 3.63) is 35.5 Å². The summed E-state index contributed by atoms with van der Waals surface area (Å²) in [7, 11) is -3.64. The van der Waals surface area contributed by atoms with E-state index in [0.717, 1.165) is 0 Å². The summed E-state index contributed by atoms with van der Waals surface area (Å²) in [5, 5.41) is 10.5. The molecular weight excluding hydrogens is 300 g/mol. The van der Waals surface area contributed by atoms with Crippen molar-refractivity contribution in [3.63, 3.8) is 0 Å². The van der Waals surface area contributed by atoms with Crippen molar-refractivity contribution in [1.82, 2.24) is 9.71 Å². The zero-order chi connectivity index (χ0) is 14.8. The number of aliphatic hydroxyl groups is 1. The van der Waals surface area contributed by atoms with Gasteiger partial charge in [0.15, 0.2) is 0 Å². The minimum absolute atomic E-state index is 0.00423. The van der Waals surface area contributed by atoms with E-state index in [1.54, 1.807) is 25.1 Å². The summed E-state index contributed by atoms with van der Waals surface area (Å²) < 4.78 is 26.6. The number of nitrogens with one attached hydrogen (secondary N) is 1. The Morgan fingerprint density at radius 3 is 2.80 bits per heavy atom. The average Bonchev–Trinajstić information content (AvgIpc) is 2.44. The standard InChI is InChI=1S/C13H15ClN2O3S/c1-2-10(17)8-15-20(18,19)11-4-5-12-9(7-11)3-6-13(14)16-12/h3-7,10,15,17H,2,8H2,1H3. The van der Waals surface area contributed by atoms with E-state index in [1.165, 1.54) is 12.1 Å². The zero-order valence-electron chi connectivity index (χ0n) is 10.9. The Morgan fingerprint density at radius 1 is 1.35 bits per heavy atom. The number of halogens is 1. The van der Waals surface area contributed by atoms with E-state index < -0.39 is 16.1 Å². The van der Waals surface area contributed by atoms with Crippen molar-refractivity contribution < 1.29 is 13.5 Å². The minimum Gasteiger partial charge on any atom is -0.392 e. The van der Waals surface area contributed by atoms with E-state index in [1.807, 2.05) is 0 Å². The van der Waals surface area contributed by atoms with Crippen LogP contribution in [0.3, 0.4) is 0 Å². The summed E-state index contributed by atoms with van der Waals surface area (Å²) in [5.41, 5.74) is 0.630. The number of fused-ring (bicyclic) bond motifs is 1. The van der Waals surface area contributed by atoms with Gasteiger partial charge in [-0.3, -0.25) is 0 Å². The first-order valence-electron chi connectivity index (χ1n) is 6.16. The van der Waals surface area contributed by atoms with Crippen LogP contribution in [0.1, 0.15) is 13.3 Å². The minimum atomic E-state index is -3.64. The number of hydrogen-bond donors (Lipinski definition) is 2. The second-order valence-corrected chi connectivity index (χ2v) is 6.56. The van der Waals surface area contributed by atoms with E-state index in [0.29, 0.717) is 22.5 Å². The molecule has 0 saturated carbocycles. The van der Waals surface area contributed by atoms with Crippen molar-refractivity contribution in [2.75, 3.05) is 6.54 Å². The van der Waals surface area contributed by atoms with Crippen molar-refractivity contribution in [2.24, 2.45) is 0 Å². The lowest BCUT2D eigenvalue weighted by Gasteiger charge is -2.10. The molecule has 20 heavy (non-hydrogen) atoms. The molecule has 2 rings (SSSR count). The van der Waals surface area contributed by atoms with Crippen LogP contribution in [0.2, 0.25) is 5.15 Å². The van der Waals surface area contributed by atoms with Gasteiger partial charge in [0.2, 0.25) is 10.0 Å². The fourth-order valence-corrected chi connectivity index (χ4v) is 2.94. The maximum absolute atomic E-state index is 12.1. The van der Waals surface area contributed by atoms with Gasteiger partial charge < -0.3 is 5.11 Å². The first-order valence-corrected chi connectivity index (χ1v) is 8.02. The number of pyridine rings is 1. The highest BCUT2D eigenvalue weighted by molar-refractivity contribution is 7.89. The third kappa shape index (κ3) is 3.46. The van der Waals surface area contributed by atoms with Crippen LogP contribution in [-0.2, 0) is 10.0 Å². The van der Waals surface area contributed by atoms with Gasteiger partial charge in [-0.2, -0.15) is 0 Å². The Labute approximate surface area is 122 Å². The molecule has 0 radical (unpaired) electrons. The molecule has 7 heteroatoms. The van der Waals surface area contributed by atoms with E-state index in [4.69, 9.17) is 11.6 Å². The molecule has 1 aromatic carbocycles. The molecule has 1 heterocycles. The van der Waals surface area contributed by atoms with Gasteiger partial charge in [0.05, 0.1) is 16.5 Å². The maximum Gasteiger partial charge on any atom is 0.240 e. The molecule has 2 aromatic rings. The molecule has 0 aliphatic heterocycles. The van der Waals surface area contributed by atoms with Crippen molar-refractivity contribution in [2.45, 2.75) is 24.3 Å². The van der Waals surface area contributed by atoms with E-state index in [9.17, 15) is 13.5 Å². The van der Waals surface area contributed by atoms with Crippen LogP contribution < -0.4 is 4.72 Å². The fraction of sp³-hybridized carbons (Fsp3) is 0.308. The van der Waals surface area contributed by atoms with Crippen LogP contribution in [0.15, 0.2) is 35.2 Å². The van der Waals surface area contributed by atoms with Gasteiger partial charge >= 0.3 is 0 Å². The number of aromatic nitrogens is 1. The van der Waals surface area contributed by atoms with E-state index in [-0.39, 0.29) is 11.4 Å². The number of hydrogen-bond acceptors (Lipinski definition) is 4. The summed E-state index contributed by atoms with van der Waals surface area (Å²) in [4.78, 5) is 4.23. The second-order valence-electron chi connectivity index (χ2n) is 4.40. The van der Waals surface area contributed by atoms with Crippen molar-refractivity contribution in [3.8, 4) is 0 Å². The summed E-state index contributed by atoms with van der Waals surface area (Å²) in [5.74, 6) is 0. The summed E-state index contributed by atoms with van der Waals surface area (Å²) in [6.45, 7) is 1.78. The van der Waals surface area contributed by atoms with E-state index in [2.05, 4.69) is 9.71 Å². The Kier molecular flexibility index (Phi) is 4.59. The lowest BCUT2D eigenvalue weighted by Crippen LogP contribution is -2.31. The molecule has 1 aromatic heterocycles. The molecule has 2 N–H and O–H groups in total. The molecule has 0 fully saturated rings. The van der Waals surface area contributed by atoms with Gasteiger partial charge in [-0.15, -0.1) is 0 Å². The molecule has 0 saturated heterocycles. The summed E-state index contributed by atoms with van der Waals surface area (Å²) in [6.07, 6.45) is -0.200. The molecule has 5 nitrogen and oxygen atoms in total. The van der Waals surface area contributed by atoms with Gasteiger partial charge in [0, 0.05) is 11.9 Å². The van der Waals surface area contributed by atoms with Crippen molar-refractivity contribution in [1.29, 1.82) is 0 Å². The third-order valence-electron chi connectivity index (χ3n) is 2.92. The second kappa shape index (κ2) is 6.05. The summed E-state index contributed by atoms with van der Waals surface area (Å²) >= 11 is 5.78. The maximum atomic E-state index is 12.1. The first-order chi connectivity index (χ1) is 9.42. The fourth-order valence-electron chi connectivity index (χ4n) is 1.68. The quantitative estimate of drug-likeness (QED) is 0.827. The van der Waals surface area contributed by atoms with Gasteiger partial charge in [-0.1, -0.05) is 18.5 Å². The normalized spacial score (nSPS) is 13.6. The van der Waals surface area contributed by atoms with Gasteiger partial charge in [-0.25, -0.2) is 18.1 Å². The highest BCUT2D eigenvalue weighted by atomic mass is 35.5. The number of rotatable bonds is 5. The monoisotopic (exact) mass is 314 g/mol. The Balaban J connectivity index is 2.30. The lowest BCUT2D eigenvalue weighted by molar-refractivity contribution is 0.174. The number of benzene rings is 1. The molecule has 0 aliphatic rings. The van der Waals surface area contributed by atoms with Crippen molar-refractivity contribution >= 4 is 32.5 Å².